The lowest BCUT2D eigenvalue weighted by molar-refractivity contribution is 0.389. The molecule has 11 heteroatoms. The molecule has 48 heavy (non-hydrogen) atoms. The van der Waals surface area contributed by atoms with E-state index in [-0.39, 0.29) is 0 Å². The van der Waals surface area contributed by atoms with Gasteiger partial charge in [0.05, 0.1) is 48.4 Å². The van der Waals surface area contributed by atoms with Gasteiger partial charge in [-0.1, -0.05) is 72.8 Å². The van der Waals surface area contributed by atoms with Gasteiger partial charge >= 0.3 is 0 Å². The normalized spacial score (nSPS) is 15.8. The fourth-order valence-corrected chi connectivity index (χ4v) is 6.31. The second-order valence-corrected chi connectivity index (χ2v) is 12.2. The number of allylic oxidation sites excluding steroid dienone is 4. The minimum Gasteiger partial charge on any atom is -0.481 e. The molecule has 0 amide bonds. The van der Waals surface area contributed by atoms with Crippen LogP contribution in [-0.2, 0) is 13.1 Å². The standard InChI is InChI=1S/C37H37Cl2N7O2/c1-22-11-14-25(43-22)18-40-17-24-13-16-31(45-36(24)47-3)29-9-5-7-27(34(29)38)28-8-6-10-30(35(28)39)32-21-42-33(37(46-32)48-4)20-41-19-26-15-12-23(2)44-26/h5-10,13,16,18-19,21,40-41,43-44H,1-2,11-12,14-15,17,20H2,3-4H3/b25-18+,26-19+. The number of hydrogen-bond donors (Lipinski definition) is 4. The minimum atomic E-state index is 0.417. The van der Waals surface area contributed by atoms with Crippen LogP contribution in [0.1, 0.15) is 36.9 Å². The average Bonchev–Trinajstić information content (AvgIpc) is 3.72. The third-order valence-electron chi connectivity index (χ3n) is 8.16. The van der Waals surface area contributed by atoms with Gasteiger partial charge in [0, 0.05) is 69.6 Å². The van der Waals surface area contributed by atoms with Crippen molar-refractivity contribution in [1.29, 1.82) is 0 Å². The summed E-state index contributed by atoms with van der Waals surface area (Å²) in [5.74, 6) is 0.938. The third kappa shape index (κ3) is 7.27. The van der Waals surface area contributed by atoms with Crippen LogP contribution in [0.4, 0.5) is 0 Å². The summed E-state index contributed by atoms with van der Waals surface area (Å²) >= 11 is 14.1. The van der Waals surface area contributed by atoms with Crippen molar-refractivity contribution >= 4 is 23.2 Å². The molecule has 246 valence electrons. The molecule has 0 bridgehead atoms. The Morgan fingerprint density at radius 1 is 0.708 bits per heavy atom. The Morgan fingerprint density at radius 2 is 1.25 bits per heavy atom. The molecular weight excluding hydrogens is 645 g/mol. The van der Waals surface area contributed by atoms with E-state index in [4.69, 9.17) is 42.6 Å². The van der Waals surface area contributed by atoms with Crippen LogP contribution in [-0.4, -0.2) is 29.2 Å². The lowest BCUT2D eigenvalue weighted by Crippen LogP contribution is -2.12. The van der Waals surface area contributed by atoms with Crippen LogP contribution in [0, 0.1) is 0 Å². The predicted molar refractivity (Wildman–Crippen MR) is 192 cm³/mol. The fourth-order valence-electron chi connectivity index (χ4n) is 5.66. The molecule has 2 aromatic carbocycles. The Labute approximate surface area is 290 Å². The number of nitrogens with zero attached hydrogens (tertiary/aromatic N) is 3. The van der Waals surface area contributed by atoms with Gasteiger partial charge in [0.25, 0.3) is 0 Å². The molecule has 4 heterocycles. The lowest BCUT2D eigenvalue weighted by atomic mass is 9.98. The molecule has 2 aliphatic heterocycles. The zero-order valence-corrected chi connectivity index (χ0v) is 28.4. The highest BCUT2D eigenvalue weighted by Crippen LogP contribution is 2.42. The van der Waals surface area contributed by atoms with Crippen molar-refractivity contribution in [2.75, 3.05) is 14.2 Å². The quantitative estimate of drug-likeness (QED) is 0.126. The number of benzene rings is 2. The molecule has 9 nitrogen and oxygen atoms in total. The van der Waals surface area contributed by atoms with Crippen molar-refractivity contribution < 1.29 is 9.47 Å². The highest BCUT2D eigenvalue weighted by atomic mass is 35.5. The van der Waals surface area contributed by atoms with Gasteiger partial charge in [-0.2, -0.15) is 0 Å². The summed E-state index contributed by atoms with van der Waals surface area (Å²) in [6, 6.07) is 15.5. The summed E-state index contributed by atoms with van der Waals surface area (Å²) in [6.45, 7) is 8.95. The number of methoxy groups -OCH3 is 2. The van der Waals surface area contributed by atoms with Crippen molar-refractivity contribution in [3.8, 4) is 45.4 Å². The van der Waals surface area contributed by atoms with Crippen LogP contribution in [0.5, 0.6) is 11.8 Å². The summed E-state index contributed by atoms with van der Waals surface area (Å²) in [6.07, 6.45) is 9.38. The Morgan fingerprint density at radius 3 is 1.81 bits per heavy atom. The van der Waals surface area contributed by atoms with Gasteiger partial charge in [0.2, 0.25) is 11.8 Å². The van der Waals surface area contributed by atoms with Gasteiger partial charge in [0.1, 0.15) is 5.69 Å². The molecule has 2 saturated heterocycles. The monoisotopic (exact) mass is 681 g/mol. The molecule has 0 saturated carbocycles. The molecular formula is C37H37Cl2N7O2. The summed E-state index contributed by atoms with van der Waals surface area (Å²) < 4.78 is 11.3. The zero-order valence-electron chi connectivity index (χ0n) is 26.9. The Bertz CT molecular complexity index is 1800. The van der Waals surface area contributed by atoms with Gasteiger partial charge in [0.15, 0.2) is 0 Å². The van der Waals surface area contributed by atoms with Crippen LogP contribution >= 0.6 is 23.2 Å². The van der Waals surface area contributed by atoms with Gasteiger partial charge in [-0.15, -0.1) is 0 Å². The molecule has 2 aliphatic rings. The number of halogens is 2. The van der Waals surface area contributed by atoms with E-state index < -0.39 is 0 Å². The summed E-state index contributed by atoms with van der Waals surface area (Å²) in [5, 5.41) is 14.2. The maximum absolute atomic E-state index is 7.08. The molecule has 2 aromatic heterocycles. The zero-order chi connectivity index (χ0) is 33.6. The summed E-state index contributed by atoms with van der Waals surface area (Å²) in [7, 11) is 3.19. The first-order valence-electron chi connectivity index (χ1n) is 15.6. The van der Waals surface area contributed by atoms with Crippen molar-refractivity contribution in [2.24, 2.45) is 0 Å². The largest absolute Gasteiger partial charge is 0.481 e. The first kappa shape index (κ1) is 32.9. The van der Waals surface area contributed by atoms with Gasteiger partial charge in [-0.3, -0.25) is 4.98 Å². The number of rotatable bonds is 11. The van der Waals surface area contributed by atoms with E-state index in [1.54, 1.807) is 20.4 Å². The molecule has 0 spiro atoms. The van der Waals surface area contributed by atoms with Crippen LogP contribution in [0.2, 0.25) is 10.0 Å². The van der Waals surface area contributed by atoms with E-state index in [2.05, 4.69) is 39.4 Å². The van der Waals surface area contributed by atoms with E-state index >= 15 is 0 Å². The highest BCUT2D eigenvalue weighted by molar-refractivity contribution is 6.39. The highest BCUT2D eigenvalue weighted by Gasteiger charge is 2.19. The maximum Gasteiger partial charge on any atom is 0.237 e. The lowest BCUT2D eigenvalue weighted by Gasteiger charge is -2.15. The van der Waals surface area contributed by atoms with Crippen molar-refractivity contribution in [1.82, 2.24) is 36.2 Å². The predicted octanol–water partition coefficient (Wildman–Crippen LogP) is 7.85. The van der Waals surface area contributed by atoms with Crippen molar-refractivity contribution in [3.63, 3.8) is 0 Å². The van der Waals surface area contributed by atoms with Crippen molar-refractivity contribution in [3.05, 3.63) is 124 Å². The second-order valence-electron chi connectivity index (χ2n) is 11.5. The number of nitrogens with one attached hydrogen (secondary N) is 4. The SMILES string of the molecule is C=C1CC/C(=C\NCc2ccc(-c3cccc(-c4cccc(-c5cnc(CN/C=C6\CCC(=C)N6)c(OC)n5)c4Cl)c3Cl)nc2OC)N1. The first-order chi connectivity index (χ1) is 23.3. The molecule has 0 unspecified atom stereocenters. The van der Waals surface area contributed by atoms with Gasteiger partial charge in [-0.05, 0) is 37.8 Å². The Hall–Kier alpha value is -4.99. The van der Waals surface area contributed by atoms with E-state index in [0.29, 0.717) is 57.5 Å². The molecule has 4 aromatic rings. The molecule has 0 atom stereocenters. The second kappa shape index (κ2) is 14.8. The first-order valence-corrected chi connectivity index (χ1v) is 16.4. The van der Waals surface area contributed by atoms with Gasteiger partial charge in [-0.25, -0.2) is 9.97 Å². The maximum atomic E-state index is 7.08. The van der Waals surface area contributed by atoms with E-state index in [1.165, 1.54) is 0 Å². The van der Waals surface area contributed by atoms with Crippen molar-refractivity contribution in [2.45, 2.75) is 38.8 Å². The van der Waals surface area contributed by atoms with E-state index in [0.717, 1.165) is 70.7 Å². The Kier molecular flexibility index (Phi) is 10.2. The minimum absolute atomic E-state index is 0.417. The molecule has 4 N–H and O–H groups in total. The average molecular weight is 683 g/mol. The number of pyridine rings is 1. The van der Waals surface area contributed by atoms with Gasteiger partial charge < -0.3 is 30.7 Å². The topological polar surface area (TPSA) is 105 Å². The third-order valence-corrected chi connectivity index (χ3v) is 8.97. The van der Waals surface area contributed by atoms with Crippen LogP contribution in [0.3, 0.4) is 0 Å². The van der Waals surface area contributed by atoms with Crippen LogP contribution in [0.15, 0.2) is 103 Å². The summed E-state index contributed by atoms with van der Waals surface area (Å²) in [5.41, 5.74) is 10.1. The number of aromatic nitrogens is 3. The summed E-state index contributed by atoms with van der Waals surface area (Å²) in [4.78, 5) is 14.2. The van der Waals surface area contributed by atoms with Crippen LogP contribution < -0.4 is 30.7 Å². The van der Waals surface area contributed by atoms with E-state index in [1.807, 2.05) is 60.9 Å². The molecule has 0 radical (unpaired) electrons. The molecule has 6 rings (SSSR count). The van der Waals surface area contributed by atoms with E-state index in [9.17, 15) is 0 Å². The molecule has 2 fully saturated rings. The van der Waals surface area contributed by atoms with Crippen LogP contribution in [0.25, 0.3) is 33.6 Å². The number of hydrogen-bond acceptors (Lipinski definition) is 9. The Balaban J connectivity index is 1.23. The fraction of sp³-hybridized carbons (Fsp3) is 0.216. The number of ether oxygens (including phenoxy) is 2. The smallest absolute Gasteiger partial charge is 0.237 e. The molecule has 0 aliphatic carbocycles.